The zero-order valence-corrected chi connectivity index (χ0v) is 17.4. The molecule has 0 N–H and O–H groups in total. The van der Waals surface area contributed by atoms with Gasteiger partial charge in [0.2, 0.25) is 0 Å². The molecule has 0 aliphatic heterocycles. The van der Waals surface area contributed by atoms with E-state index in [1.54, 1.807) is 0 Å². The second kappa shape index (κ2) is 7.25. The molecule has 0 spiro atoms. The minimum absolute atomic E-state index is 0.144. The highest BCUT2D eigenvalue weighted by molar-refractivity contribution is 7.50. The zero-order valence-electron chi connectivity index (χ0n) is 16.6. The zero-order chi connectivity index (χ0) is 19.8. The van der Waals surface area contributed by atoms with E-state index in [4.69, 9.17) is 4.74 Å². The quantitative estimate of drug-likeness (QED) is 0.160. The van der Waals surface area contributed by atoms with Crippen LogP contribution in [-0.4, -0.2) is 5.97 Å². The molecule has 1 heterocycles. The van der Waals surface area contributed by atoms with Gasteiger partial charge < -0.3 is 4.74 Å². The third kappa shape index (κ3) is 3.23. The topological polar surface area (TPSA) is 26.3 Å². The van der Waals surface area contributed by atoms with Crippen molar-refractivity contribution in [2.45, 2.75) is 27.7 Å². The molecule has 0 saturated heterocycles. The van der Waals surface area contributed by atoms with Gasteiger partial charge in [0.25, 0.3) is 0 Å². The third-order valence-electron chi connectivity index (χ3n) is 4.78. The number of benzene rings is 3. The van der Waals surface area contributed by atoms with Crippen LogP contribution in [0, 0.1) is 13.8 Å². The number of allylic oxidation sites excluding steroid dienone is 1. The van der Waals surface area contributed by atoms with E-state index in [-0.39, 0.29) is 16.4 Å². The lowest BCUT2D eigenvalue weighted by atomic mass is 10.1. The number of ether oxygens (including phenoxy) is 1. The summed E-state index contributed by atoms with van der Waals surface area (Å²) in [6, 6.07) is 21.6. The first-order valence-corrected chi connectivity index (χ1v) is 10.6. The first-order valence-electron chi connectivity index (χ1n) is 9.36. The van der Waals surface area contributed by atoms with Gasteiger partial charge in [-0.2, -0.15) is 0 Å². The Hall–Kier alpha value is -2.91. The van der Waals surface area contributed by atoms with E-state index in [1.165, 1.54) is 31.1 Å². The molecule has 0 amide bonds. The van der Waals surface area contributed by atoms with E-state index < -0.39 is 0 Å². The number of carbonyl (C=O) groups is 1. The summed E-state index contributed by atoms with van der Waals surface area (Å²) in [5.41, 5.74) is 2.90. The molecule has 28 heavy (non-hydrogen) atoms. The van der Waals surface area contributed by atoms with Crippen LogP contribution < -0.4 is 4.74 Å². The van der Waals surface area contributed by atoms with Crippen molar-refractivity contribution < 1.29 is 9.53 Å². The van der Waals surface area contributed by atoms with Crippen molar-refractivity contribution in [2.75, 3.05) is 0 Å². The highest BCUT2D eigenvalue weighted by Gasteiger charge is 2.24. The number of rotatable bonds is 3. The summed E-state index contributed by atoms with van der Waals surface area (Å²) in [7, 11) is -0.144. The van der Waals surface area contributed by atoms with E-state index in [1.807, 2.05) is 27.7 Å². The minimum Gasteiger partial charge on any atom is -0.423 e. The molecule has 0 radical (unpaired) electrons. The van der Waals surface area contributed by atoms with Crippen molar-refractivity contribution >= 4 is 36.6 Å². The number of esters is 1. The van der Waals surface area contributed by atoms with Crippen LogP contribution in [0.3, 0.4) is 0 Å². The molecular weight excluding hydrogens is 364 g/mol. The van der Waals surface area contributed by atoms with Gasteiger partial charge in [0.05, 0.1) is 0 Å². The van der Waals surface area contributed by atoms with Gasteiger partial charge in [-0.25, -0.2) is 4.79 Å². The number of carbonyl (C=O) groups excluding carboxylic acids is 1. The van der Waals surface area contributed by atoms with Crippen molar-refractivity contribution in [1.82, 2.24) is 0 Å². The van der Waals surface area contributed by atoms with Gasteiger partial charge in [-0.15, -0.1) is 0 Å². The minimum atomic E-state index is -0.321. The first-order chi connectivity index (χ1) is 13.5. The predicted molar refractivity (Wildman–Crippen MR) is 120 cm³/mol. The molecular formula is C25H23O2S+. The average Bonchev–Trinajstić information content (AvgIpc) is 2.98. The number of thiophene rings is 1. The van der Waals surface area contributed by atoms with E-state index in [0.29, 0.717) is 5.75 Å². The SMILES string of the molecule is CC(C)=CC(=O)Oc1c(C)cc(-[s+]2c3ccccc3c3ccccc32)cc1C. The fraction of sp³-hybridized carbons (Fsp3) is 0.160. The number of fused-ring (bicyclic) bond motifs is 3. The Morgan fingerprint density at radius 3 is 1.86 bits per heavy atom. The molecule has 3 aromatic carbocycles. The Morgan fingerprint density at radius 1 is 0.857 bits per heavy atom. The van der Waals surface area contributed by atoms with Crippen LogP contribution in [0.25, 0.3) is 25.1 Å². The Bertz CT molecular complexity index is 1160. The van der Waals surface area contributed by atoms with Gasteiger partial charge in [-0.3, -0.25) is 0 Å². The summed E-state index contributed by atoms with van der Waals surface area (Å²) in [5, 5.41) is 2.63. The first kappa shape index (κ1) is 18.5. The predicted octanol–water partition coefficient (Wildman–Crippen LogP) is 7.22. The second-order valence-corrected chi connectivity index (χ2v) is 9.29. The summed E-state index contributed by atoms with van der Waals surface area (Å²) < 4.78 is 8.35. The van der Waals surface area contributed by atoms with Crippen LogP contribution in [0.4, 0.5) is 0 Å². The Labute approximate surface area is 168 Å². The lowest BCUT2D eigenvalue weighted by Crippen LogP contribution is -2.07. The van der Waals surface area contributed by atoms with E-state index in [0.717, 1.165) is 16.7 Å². The summed E-state index contributed by atoms with van der Waals surface area (Å²) in [5.74, 6) is 0.341. The van der Waals surface area contributed by atoms with Crippen LogP contribution in [0.1, 0.15) is 25.0 Å². The fourth-order valence-corrected chi connectivity index (χ4v) is 6.22. The Morgan fingerprint density at radius 2 is 1.36 bits per heavy atom. The largest absolute Gasteiger partial charge is 0.423 e. The summed E-state index contributed by atoms with van der Waals surface area (Å²) in [6.45, 7) is 7.80. The second-order valence-electron chi connectivity index (χ2n) is 7.33. The Kier molecular flexibility index (Phi) is 4.78. The highest BCUT2D eigenvalue weighted by atomic mass is 32.2. The number of aryl methyl sites for hydroxylation is 2. The van der Waals surface area contributed by atoms with Crippen molar-refractivity contribution in [3.63, 3.8) is 0 Å². The lowest BCUT2D eigenvalue weighted by Gasteiger charge is -2.09. The van der Waals surface area contributed by atoms with Gasteiger partial charge in [-0.1, -0.05) is 29.8 Å². The standard InChI is InChI=1S/C25H23O2S/c1-16(2)13-24(26)27-25-17(3)14-19(15-18(25)4)28-22-11-7-5-9-20(22)21-10-6-8-12-23(21)28/h5-15H,1-4H3/q+1. The van der Waals surface area contributed by atoms with Crippen LogP contribution in [0.15, 0.2) is 72.3 Å². The van der Waals surface area contributed by atoms with E-state index in [2.05, 4.69) is 60.7 Å². The average molecular weight is 388 g/mol. The number of hydrogen-bond donors (Lipinski definition) is 0. The lowest BCUT2D eigenvalue weighted by molar-refractivity contribution is -0.129. The molecule has 4 aromatic rings. The van der Waals surface area contributed by atoms with Gasteiger partial charge in [0.15, 0.2) is 14.3 Å². The molecule has 0 fully saturated rings. The maximum atomic E-state index is 12.1. The molecule has 0 atom stereocenters. The number of hydrogen-bond acceptors (Lipinski definition) is 2. The van der Waals surface area contributed by atoms with Crippen molar-refractivity contribution in [1.29, 1.82) is 0 Å². The normalized spacial score (nSPS) is 11.0. The molecule has 140 valence electrons. The maximum Gasteiger partial charge on any atom is 0.336 e. The summed E-state index contributed by atoms with van der Waals surface area (Å²) in [6.07, 6.45) is 1.53. The summed E-state index contributed by atoms with van der Waals surface area (Å²) >= 11 is 0. The van der Waals surface area contributed by atoms with E-state index >= 15 is 0 Å². The fourth-order valence-electron chi connectivity index (χ4n) is 3.66. The third-order valence-corrected chi connectivity index (χ3v) is 7.08. The van der Waals surface area contributed by atoms with Crippen LogP contribution in [-0.2, 0) is 4.79 Å². The van der Waals surface area contributed by atoms with Crippen molar-refractivity contribution in [3.05, 3.63) is 83.4 Å². The summed E-state index contributed by atoms with van der Waals surface area (Å²) in [4.78, 5) is 13.4. The van der Waals surface area contributed by atoms with Crippen LogP contribution >= 0.6 is 10.5 Å². The van der Waals surface area contributed by atoms with Crippen molar-refractivity contribution in [3.8, 4) is 10.6 Å². The molecule has 0 saturated carbocycles. The monoisotopic (exact) mass is 387 g/mol. The van der Waals surface area contributed by atoms with E-state index in [9.17, 15) is 4.79 Å². The van der Waals surface area contributed by atoms with Crippen molar-refractivity contribution in [2.24, 2.45) is 0 Å². The molecule has 0 unspecified atom stereocenters. The molecule has 0 bridgehead atoms. The van der Waals surface area contributed by atoms with Gasteiger partial charge in [-0.05, 0) is 63.1 Å². The highest BCUT2D eigenvalue weighted by Crippen LogP contribution is 2.49. The smallest absolute Gasteiger partial charge is 0.336 e. The molecule has 3 heteroatoms. The molecule has 0 aliphatic rings. The molecule has 4 rings (SSSR count). The van der Waals surface area contributed by atoms with Gasteiger partial charge >= 0.3 is 5.97 Å². The molecule has 0 aliphatic carbocycles. The Balaban J connectivity index is 1.89. The van der Waals surface area contributed by atoms with Crippen LogP contribution in [0.2, 0.25) is 0 Å². The molecule has 2 nitrogen and oxygen atoms in total. The van der Waals surface area contributed by atoms with Crippen LogP contribution in [0.5, 0.6) is 5.75 Å². The van der Waals surface area contributed by atoms with Gasteiger partial charge in [0, 0.05) is 39.5 Å². The molecule has 1 aromatic heterocycles. The van der Waals surface area contributed by atoms with Gasteiger partial charge in [0.1, 0.15) is 5.75 Å². The maximum absolute atomic E-state index is 12.1.